The Morgan fingerprint density at radius 1 is 1.53 bits per heavy atom. The van der Waals surface area contributed by atoms with Crippen molar-refractivity contribution in [2.24, 2.45) is 5.92 Å². The summed E-state index contributed by atoms with van der Waals surface area (Å²) in [5.74, 6) is 0.632. The van der Waals surface area contributed by atoms with Crippen LogP contribution in [0.25, 0.3) is 0 Å². The average Bonchev–Trinajstić information content (AvgIpc) is 3.08. The van der Waals surface area contributed by atoms with Crippen LogP contribution in [0.3, 0.4) is 0 Å². The predicted molar refractivity (Wildman–Crippen MR) is 70.8 cm³/mol. The van der Waals surface area contributed by atoms with Crippen molar-refractivity contribution in [2.75, 3.05) is 20.3 Å². The first-order chi connectivity index (χ1) is 9.29. The van der Waals surface area contributed by atoms with Gasteiger partial charge in [0, 0.05) is 20.2 Å². The normalized spacial score (nSPS) is 15.8. The molecule has 19 heavy (non-hydrogen) atoms. The fourth-order valence-electron chi connectivity index (χ4n) is 2.48. The second-order valence-corrected chi connectivity index (χ2v) is 5.05. The van der Waals surface area contributed by atoms with Gasteiger partial charge in [0.25, 0.3) is 5.91 Å². The number of methoxy groups -OCH3 is 1. The Kier molecular flexibility index (Phi) is 5.32. The van der Waals surface area contributed by atoms with Crippen LogP contribution in [0.2, 0.25) is 0 Å². The van der Waals surface area contributed by atoms with Gasteiger partial charge in [-0.2, -0.15) is 0 Å². The topological polar surface area (TPSA) is 69.0 Å². The Morgan fingerprint density at radius 3 is 3.05 bits per heavy atom. The molecule has 1 heterocycles. The monoisotopic (exact) mass is 266 g/mol. The minimum Gasteiger partial charge on any atom is -0.383 e. The van der Waals surface area contributed by atoms with Gasteiger partial charge in [0.15, 0.2) is 5.69 Å². The van der Waals surface area contributed by atoms with Crippen LogP contribution in [0.5, 0.6) is 0 Å². The molecular formula is C13H22N4O2. The third-order valence-corrected chi connectivity index (χ3v) is 3.60. The Balaban J connectivity index is 1.75. The van der Waals surface area contributed by atoms with Crippen molar-refractivity contribution in [1.29, 1.82) is 0 Å². The maximum atomic E-state index is 11.7. The molecule has 0 radical (unpaired) electrons. The molecule has 0 aromatic carbocycles. The molecule has 6 nitrogen and oxygen atoms in total. The number of hydrogen-bond acceptors (Lipinski definition) is 4. The van der Waals surface area contributed by atoms with Crippen LogP contribution < -0.4 is 5.32 Å². The van der Waals surface area contributed by atoms with E-state index in [0.717, 1.165) is 18.9 Å². The van der Waals surface area contributed by atoms with Gasteiger partial charge >= 0.3 is 0 Å². The Hall–Kier alpha value is -1.43. The zero-order chi connectivity index (χ0) is 13.5. The summed E-state index contributed by atoms with van der Waals surface area (Å²) in [4.78, 5) is 11.7. The van der Waals surface area contributed by atoms with Crippen LogP contribution in [0.15, 0.2) is 6.20 Å². The van der Waals surface area contributed by atoms with E-state index in [9.17, 15) is 4.79 Å². The van der Waals surface area contributed by atoms with E-state index >= 15 is 0 Å². The molecule has 1 saturated carbocycles. The van der Waals surface area contributed by atoms with Crippen LogP contribution in [0, 0.1) is 5.92 Å². The largest absolute Gasteiger partial charge is 0.383 e. The number of aromatic nitrogens is 3. The number of nitrogens with one attached hydrogen (secondary N) is 1. The number of aryl methyl sites for hydroxylation is 1. The average molecular weight is 266 g/mol. The number of carbonyl (C=O) groups is 1. The van der Waals surface area contributed by atoms with Crippen molar-refractivity contribution < 1.29 is 9.53 Å². The molecule has 0 aliphatic heterocycles. The van der Waals surface area contributed by atoms with E-state index in [0.29, 0.717) is 18.8 Å². The van der Waals surface area contributed by atoms with Gasteiger partial charge in [-0.05, 0) is 12.3 Å². The maximum Gasteiger partial charge on any atom is 0.273 e. The molecule has 2 rings (SSSR count). The molecule has 1 fully saturated rings. The van der Waals surface area contributed by atoms with Gasteiger partial charge in [0.1, 0.15) is 0 Å². The molecule has 1 aromatic rings. The molecule has 106 valence electrons. The van der Waals surface area contributed by atoms with E-state index in [4.69, 9.17) is 4.74 Å². The molecule has 6 heteroatoms. The third kappa shape index (κ3) is 4.31. The molecule has 0 saturated heterocycles. The van der Waals surface area contributed by atoms with Crippen molar-refractivity contribution in [2.45, 2.75) is 38.6 Å². The zero-order valence-corrected chi connectivity index (χ0v) is 11.5. The van der Waals surface area contributed by atoms with Gasteiger partial charge in [-0.15, -0.1) is 5.10 Å². The summed E-state index contributed by atoms with van der Waals surface area (Å²) < 4.78 is 6.64. The lowest BCUT2D eigenvalue weighted by molar-refractivity contribution is 0.0932. The first-order valence-electron chi connectivity index (χ1n) is 6.97. The maximum absolute atomic E-state index is 11.7. The highest BCUT2D eigenvalue weighted by molar-refractivity contribution is 5.91. The lowest BCUT2D eigenvalue weighted by Crippen LogP contribution is -2.27. The number of hydrogen-bond donors (Lipinski definition) is 1. The van der Waals surface area contributed by atoms with Crippen LogP contribution in [-0.2, 0) is 11.3 Å². The Bertz CT molecular complexity index is 399. The minimum atomic E-state index is -0.191. The molecular weight excluding hydrogens is 244 g/mol. The lowest BCUT2D eigenvalue weighted by Gasteiger charge is -2.07. The zero-order valence-electron chi connectivity index (χ0n) is 11.5. The first kappa shape index (κ1) is 14.0. The molecule has 1 aromatic heterocycles. The highest BCUT2D eigenvalue weighted by Gasteiger charge is 2.15. The number of nitrogens with zero attached hydrogens (tertiary/aromatic N) is 3. The smallest absolute Gasteiger partial charge is 0.273 e. The summed E-state index contributed by atoms with van der Waals surface area (Å²) in [6.45, 7) is 1.84. The van der Waals surface area contributed by atoms with E-state index in [1.807, 2.05) is 0 Å². The second kappa shape index (κ2) is 7.23. The van der Waals surface area contributed by atoms with Gasteiger partial charge < -0.3 is 10.1 Å². The summed E-state index contributed by atoms with van der Waals surface area (Å²) in [5.41, 5.74) is 0.377. The molecule has 0 spiro atoms. The molecule has 0 bridgehead atoms. The van der Waals surface area contributed by atoms with E-state index < -0.39 is 0 Å². The van der Waals surface area contributed by atoms with Gasteiger partial charge in [0.2, 0.25) is 0 Å². The van der Waals surface area contributed by atoms with E-state index in [1.165, 1.54) is 25.7 Å². The van der Waals surface area contributed by atoms with Crippen LogP contribution in [-0.4, -0.2) is 41.2 Å². The van der Waals surface area contributed by atoms with Crippen molar-refractivity contribution >= 4 is 5.91 Å². The van der Waals surface area contributed by atoms with Crippen LogP contribution in [0.1, 0.15) is 42.6 Å². The molecule has 1 N–H and O–H groups in total. The fourth-order valence-corrected chi connectivity index (χ4v) is 2.48. The second-order valence-electron chi connectivity index (χ2n) is 5.05. The van der Waals surface area contributed by atoms with Crippen molar-refractivity contribution in [3.05, 3.63) is 11.9 Å². The van der Waals surface area contributed by atoms with Gasteiger partial charge in [0.05, 0.1) is 12.8 Å². The molecule has 0 atom stereocenters. The van der Waals surface area contributed by atoms with Crippen LogP contribution >= 0.6 is 0 Å². The molecule has 1 aliphatic carbocycles. The molecule has 1 aliphatic rings. The third-order valence-electron chi connectivity index (χ3n) is 3.60. The minimum absolute atomic E-state index is 0.191. The summed E-state index contributed by atoms with van der Waals surface area (Å²) in [6.07, 6.45) is 8.23. The lowest BCUT2D eigenvalue weighted by atomic mass is 10.0. The number of carbonyl (C=O) groups excluding carboxylic acids is 1. The first-order valence-corrected chi connectivity index (χ1v) is 6.97. The van der Waals surface area contributed by atoms with Crippen LogP contribution in [0.4, 0.5) is 0 Å². The van der Waals surface area contributed by atoms with E-state index in [2.05, 4.69) is 15.6 Å². The quantitative estimate of drug-likeness (QED) is 0.754. The van der Waals surface area contributed by atoms with Gasteiger partial charge in [-0.3, -0.25) is 9.48 Å². The fraction of sp³-hybridized carbons (Fsp3) is 0.769. The summed E-state index contributed by atoms with van der Waals surface area (Å²) in [6, 6.07) is 0. The summed E-state index contributed by atoms with van der Waals surface area (Å²) >= 11 is 0. The number of amides is 1. The summed E-state index contributed by atoms with van der Waals surface area (Å²) in [5, 5.41) is 10.6. The van der Waals surface area contributed by atoms with Crippen molar-refractivity contribution in [3.8, 4) is 0 Å². The molecule has 0 unspecified atom stereocenters. The van der Waals surface area contributed by atoms with Crippen molar-refractivity contribution in [3.63, 3.8) is 0 Å². The number of rotatable bonds is 7. The van der Waals surface area contributed by atoms with Gasteiger partial charge in [-0.1, -0.05) is 30.9 Å². The van der Waals surface area contributed by atoms with E-state index in [1.54, 1.807) is 18.0 Å². The number of ether oxygens (including phenoxy) is 1. The van der Waals surface area contributed by atoms with E-state index in [-0.39, 0.29) is 5.91 Å². The van der Waals surface area contributed by atoms with Crippen molar-refractivity contribution in [1.82, 2.24) is 20.3 Å². The highest BCUT2D eigenvalue weighted by Crippen LogP contribution is 2.27. The standard InChI is InChI=1S/C13H22N4O2/c1-19-9-7-14-13(18)12-10-17(16-15-12)8-6-11-4-2-3-5-11/h10-11H,2-9H2,1H3,(H,14,18). The SMILES string of the molecule is COCCNC(=O)c1cn(CCC2CCCC2)nn1. The molecule has 1 amide bonds. The summed E-state index contributed by atoms with van der Waals surface area (Å²) in [7, 11) is 1.60. The Labute approximate surface area is 113 Å². The Morgan fingerprint density at radius 2 is 2.32 bits per heavy atom. The highest BCUT2D eigenvalue weighted by atomic mass is 16.5. The predicted octanol–water partition coefficient (Wildman–Crippen LogP) is 1.23. The van der Waals surface area contributed by atoms with Gasteiger partial charge in [-0.25, -0.2) is 0 Å².